The average Bonchev–Trinajstić information content (AvgIpc) is 3.06. The number of H-pyrrole nitrogens is 1. The van der Waals surface area contributed by atoms with Gasteiger partial charge in [0.2, 0.25) is 5.91 Å². The summed E-state index contributed by atoms with van der Waals surface area (Å²) in [5, 5.41) is 13.3. The second-order valence-corrected chi connectivity index (χ2v) is 5.61. The Bertz CT molecular complexity index is 843. The first-order chi connectivity index (χ1) is 12.4. The van der Waals surface area contributed by atoms with Crippen molar-refractivity contribution in [2.45, 2.75) is 12.8 Å². The minimum Gasteiger partial charge on any atom is -0.469 e. The maximum absolute atomic E-state index is 12.1. The topological polar surface area (TPSA) is 150 Å². The molecule has 2 rings (SSSR count). The summed E-state index contributed by atoms with van der Waals surface area (Å²) in [5.41, 5.74) is 7.05. The third-order valence-corrected chi connectivity index (χ3v) is 3.69. The number of rotatable bonds is 8. The Morgan fingerprint density at radius 1 is 1.23 bits per heavy atom. The zero-order valence-electron chi connectivity index (χ0n) is 14.3. The second kappa shape index (κ2) is 8.65. The number of benzene rings is 1. The summed E-state index contributed by atoms with van der Waals surface area (Å²) in [6.07, 6.45) is 0.688. The van der Waals surface area contributed by atoms with Gasteiger partial charge in [-0.05, 0) is 30.7 Å². The number of nitrogens with two attached hydrogens (primary N) is 1. The van der Waals surface area contributed by atoms with E-state index in [0.717, 1.165) is 10.9 Å². The van der Waals surface area contributed by atoms with Gasteiger partial charge in [0.15, 0.2) is 0 Å². The molecule has 2 aromatic rings. The van der Waals surface area contributed by atoms with Crippen LogP contribution in [0.3, 0.4) is 0 Å². The van der Waals surface area contributed by atoms with Crippen LogP contribution in [0, 0.1) is 5.41 Å². The van der Waals surface area contributed by atoms with Crippen LogP contribution in [0.5, 0.6) is 0 Å². The predicted molar refractivity (Wildman–Crippen MR) is 95.9 cm³/mol. The minimum atomic E-state index is -0.421. The summed E-state index contributed by atoms with van der Waals surface area (Å²) in [6, 6.07) is 6.76. The number of amides is 2. The fourth-order valence-electron chi connectivity index (χ4n) is 2.30. The van der Waals surface area contributed by atoms with Crippen LogP contribution in [0.15, 0.2) is 24.3 Å². The number of fused-ring (bicyclic) bond motifs is 1. The Kier molecular flexibility index (Phi) is 6.31. The number of amidine groups is 1. The van der Waals surface area contributed by atoms with Crippen LogP contribution in [-0.2, 0) is 14.3 Å². The normalized spacial score (nSPS) is 10.3. The fraction of sp³-hybridized carbons (Fsp3) is 0.294. The number of nitrogens with one attached hydrogen (secondary N) is 4. The highest BCUT2D eigenvalue weighted by atomic mass is 16.5. The first kappa shape index (κ1) is 19.0. The molecule has 0 fully saturated rings. The lowest BCUT2D eigenvalue weighted by atomic mass is 10.1. The average molecular weight is 359 g/mol. The van der Waals surface area contributed by atoms with E-state index in [9.17, 15) is 14.4 Å². The lowest BCUT2D eigenvalue weighted by Crippen LogP contribution is -2.37. The van der Waals surface area contributed by atoms with Crippen molar-refractivity contribution in [3.63, 3.8) is 0 Å². The SMILES string of the molecule is COC(=O)CCCNC(=O)CNC(=O)c1cc2cc(C(=N)N)ccc2[nH]1. The summed E-state index contributed by atoms with van der Waals surface area (Å²) in [6.45, 7) is 0.148. The van der Waals surface area contributed by atoms with E-state index in [0.29, 0.717) is 24.2 Å². The second-order valence-electron chi connectivity index (χ2n) is 5.61. The van der Waals surface area contributed by atoms with E-state index in [1.165, 1.54) is 7.11 Å². The first-order valence-electron chi connectivity index (χ1n) is 7.99. The molecule has 6 N–H and O–H groups in total. The van der Waals surface area contributed by atoms with E-state index in [4.69, 9.17) is 11.1 Å². The Morgan fingerprint density at radius 3 is 2.69 bits per heavy atom. The number of hydrogen-bond donors (Lipinski definition) is 5. The molecule has 9 nitrogen and oxygen atoms in total. The van der Waals surface area contributed by atoms with Crippen LogP contribution in [0.1, 0.15) is 28.9 Å². The quantitative estimate of drug-likeness (QED) is 0.198. The van der Waals surface area contributed by atoms with E-state index in [-0.39, 0.29) is 30.7 Å². The Labute approximate surface area is 149 Å². The van der Waals surface area contributed by atoms with Gasteiger partial charge in [0.05, 0.1) is 13.7 Å². The van der Waals surface area contributed by atoms with Crippen molar-refractivity contribution in [2.75, 3.05) is 20.2 Å². The smallest absolute Gasteiger partial charge is 0.305 e. The Morgan fingerprint density at radius 2 is 2.00 bits per heavy atom. The van der Waals surface area contributed by atoms with Crippen LogP contribution in [0.2, 0.25) is 0 Å². The van der Waals surface area contributed by atoms with Crippen molar-refractivity contribution in [3.05, 3.63) is 35.5 Å². The van der Waals surface area contributed by atoms with Gasteiger partial charge in [-0.3, -0.25) is 19.8 Å². The molecule has 138 valence electrons. The lowest BCUT2D eigenvalue weighted by Gasteiger charge is -2.06. The third kappa shape index (κ3) is 5.07. The number of aromatic amines is 1. The van der Waals surface area contributed by atoms with Gasteiger partial charge in [-0.15, -0.1) is 0 Å². The molecule has 9 heteroatoms. The Hall–Kier alpha value is -3.36. The Balaban J connectivity index is 1.84. The number of hydrogen-bond acceptors (Lipinski definition) is 5. The number of methoxy groups -OCH3 is 1. The zero-order valence-corrected chi connectivity index (χ0v) is 14.3. The highest BCUT2D eigenvalue weighted by Crippen LogP contribution is 2.17. The highest BCUT2D eigenvalue weighted by Gasteiger charge is 2.12. The van der Waals surface area contributed by atoms with Gasteiger partial charge < -0.3 is 26.1 Å². The number of esters is 1. The molecule has 1 heterocycles. The van der Waals surface area contributed by atoms with Gasteiger partial charge in [-0.25, -0.2) is 0 Å². The maximum Gasteiger partial charge on any atom is 0.305 e. The standard InChI is InChI=1S/C17H21N5O4/c1-26-15(24)3-2-6-20-14(23)9-21-17(25)13-8-11-7-10(16(18)19)4-5-12(11)22-13/h4-5,7-8,22H,2-3,6,9H2,1H3,(H3,18,19)(H,20,23)(H,21,25). The first-order valence-corrected chi connectivity index (χ1v) is 7.99. The fourth-order valence-corrected chi connectivity index (χ4v) is 2.30. The maximum atomic E-state index is 12.1. The van der Waals surface area contributed by atoms with Crippen molar-refractivity contribution in [1.82, 2.24) is 15.6 Å². The molecule has 0 aliphatic heterocycles. The third-order valence-electron chi connectivity index (χ3n) is 3.69. The largest absolute Gasteiger partial charge is 0.469 e. The van der Waals surface area contributed by atoms with Crippen molar-refractivity contribution in [1.29, 1.82) is 5.41 Å². The van der Waals surface area contributed by atoms with Crippen molar-refractivity contribution >= 4 is 34.5 Å². The molecule has 1 aromatic carbocycles. The molecule has 0 bridgehead atoms. The number of ether oxygens (including phenoxy) is 1. The molecule has 1 aromatic heterocycles. The number of carbonyl (C=O) groups is 3. The van der Waals surface area contributed by atoms with Gasteiger partial charge in [0, 0.05) is 29.4 Å². The van der Waals surface area contributed by atoms with E-state index < -0.39 is 5.91 Å². The summed E-state index contributed by atoms with van der Waals surface area (Å²) in [7, 11) is 1.31. The molecule has 0 unspecified atom stereocenters. The molecule has 26 heavy (non-hydrogen) atoms. The molecule has 0 radical (unpaired) electrons. The van der Waals surface area contributed by atoms with Crippen molar-refractivity contribution in [3.8, 4) is 0 Å². The number of aromatic nitrogens is 1. The summed E-state index contributed by atoms with van der Waals surface area (Å²) >= 11 is 0. The molecular formula is C17H21N5O4. The van der Waals surface area contributed by atoms with Gasteiger partial charge in [0.1, 0.15) is 11.5 Å². The highest BCUT2D eigenvalue weighted by molar-refractivity contribution is 6.02. The molecule has 0 atom stereocenters. The van der Waals surface area contributed by atoms with E-state index in [2.05, 4.69) is 20.4 Å². The van der Waals surface area contributed by atoms with Crippen molar-refractivity contribution < 1.29 is 19.1 Å². The summed E-state index contributed by atoms with van der Waals surface area (Å²) < 4.78 is 4.50. The molecule has 0 saturated carbocycles. The van der Waals surface area contributed by atoms with Gasteiger partial charge in [0.25, 0.3) is 5.91 Å². The minimum absolute atomic E-state index is 0.0528. The van der Waals surface area contributed by atoms with Crippen LogP contribution in [0.25, 0.3) is 10.9 Å². The zero-order chi connectivity index (χ0) is 19.1. The van der Waals surface area contributed by atoms with E-state index in [1.807, 2.05) is 0 Å². The van der Waals surface area contributed by atoms with Gasteiger partial charge in [-0.2, -0.15) is 0 Å². The van der Waals surface area contributed by atoms with Crippen molar-refractivity contribution in [2.24, 2.45) is 5.73 Å². The van der Waals surface area contributed by atoms with Crippen LogP contribution in [0.4, 0.5) is 0 Å². The molecule has 0 aliphatic rings. The van der Waals surface area contributed by atoms with Gasteiger partial charge >= 0.3 is 5.97 Å². The van der Waals surface area contributed by atoms with Crippen LogP contribution < -0.4 is 16.4 Å². The molecular weight excluding hydrogens is 338 g/mol. The lowest BCUT2D eigenvalue weighted by molar-refractivity contribution is -0.140. The molecule has 0 saturated heterocycles. The van der Waals surface area contributed by atoms with E-state index >= 15 is 0 Å². The van der Waals surface area contributed by atoms with Crippen LogP contribution >= 0.6 is 0 Å². The molecule has 0 aliphatic carbocycles. The van der Waals surface area contributed by atoms with Gasteiger partial charge in [-0.1, -0.05) is 0 Å². The van der Waals surface area contributed by atoms with Crippen LogP contribution in [-0.4, -0.2) is 48.8 Å². The summed E-state index contributed by atoms with van der Waals surface area (Å²) in [4.78, 5) is 37.7. The molecule has 2 amide bonds. The monoisotopic (exact) mass is 359 g/mol. The number of nitrogen functional groups attached to an aromatic ring is 1. The molecule has 0 spiro atoms. The predicted octanol–water partition coefficient (Wildman–Crippen LogP) is 0.251. The number of carbonyl (C=O) groups excluding carboxylic acids is 3. The van der Waals surface area contributed by atoms with E-state index in [1.54, 1.807) is 24.3 Å². The summed E-state index contributed by atoms with van der Waals surface area (Å²) in [5.74, 6) is -1.16.